The van der Waals surface area contributed by atoms with Crippen molar-refractivity contribution < 1.29 is 9.21 Å². The lowest BCUT2D eigenvalue weighted by atomic mass is 10.2. The summed E-state index contributed by atoms with van der Waals surface area (Å²) in [7, 11) is 0. The van der Waals surface area contributed by atoms with Gasteiger partial charge in [0.05, 0.1) is 0 Å². The first-order chi connectivity index (χ1) is 9.65. The monoisotopic (exact) mass is 292 g/mol. The van der Waals surface area contributed by atoms with Gasteiger partial charge >= 0.3 is 6.01 Å². The Bertz CT molecular complexity index is 652. The van der Waals surface area contributed by atoms with Crippen molar-refractivity contribution in [2.75, 3.05) is 5.32 Å². The summed E-state index contributed by atoms with van der Waals surface area (Å²) < 4.78 is 5.38. The van der Waals surface area contributed by atoms with Gasteiger partial charge in [-0.2, -0.15) is 0 Å². The van der Waals surface area contributed by atoms with Gasteiger partial charge in [-0.15, -0.1) is 5.10 Å². The second-order valence-electron chi connectivity index (χ2n) is 4.70. The highest BCUT2D eigenvalue weighted by Crippen LogP contribution is 2.39. The number of hydrogen-bond acceptors (Lipinski definition) is 5. The fraction of sp³-hybridized carbons (Fsp3) is 0.385. The second kappa shape index (κ2) is 5.20. The molecule has 1 N–H and O–H groups in total. The summed E-state index contributed by atoms with van der Waals surface area (Å²) in [5.41, 5.74) is 1.18. The van der Waals surface area contributed by atoms with Crippen LogP contribution in [0.15, 0.2) is 16.5 Å². The molecule has 0 aromatic carbocycles. The average Bonchev–Trinajstić information content (AvgIpc) is 3.19. The zero-order chi connectivity index (χ0) is 14.1. The van der Waals surface area contributed by atoms with E-state index in [4.69, 9.17) is 16.0 Å². The van der Waals surface area contributed by atoms with Gasteiger partial charge in [0, 0.05) is 17.2 Å². The Labute approximate surface area is 120 Å². The molecule has 6 nitrogen and oxygen atoms in total. The minimum absolute atomic E-state index is 0.114. The number of nitrogens with one attached hydrogen (secondary N) is 1. The SMILES string of the molecule is CCc1cc(C(=O)Nc2nnc(C3CC3)o2)cc(Cl)n1. The van der Waals surface area contributed by atoms with E-state index in [0.717, 1.165) is 18.5 Å². The Hall–Kier alpha value is -1.95. The van der Waals surface area contributed by atoms with Crippen LogP contribution in [0.5, 0.6) is 0 Å². The largest absolute Gasteiger partial charge is 0.408 e. The first-order valence-electron chi connectivity index (χ1n) is 6.47. The Morgan fingerprint density at radius 1 is 1.45 bits per heavy atom. The third kappa shape index (κ3) is 2.80. The van der Waals surface area contributed by atoms with Crippen molar-refractivity contribution in [2.45, 2.75) is 32.1 Å². The van der Waals surface area contributed by atoms with Gasteiger partial charge in [0.1, 0.15) is 5.15 Å². The van der Waals surface area contributed by atoms with Crippen LogP contribution in [0.1, 0.15) is 47.6 Å². The molecule has 1 aliphatic rings. The van der Waals surface area contributed by atoms with Crippen molar-refractivity contribution >= 4 is 23.5 Å². The Morgan fingerprint density at radius 3 is 2.95 bits per heavy atom. The van der Waals surface area contributed by atoms with Crippen LogP contribution in [0.25, 0.3) is 0 Å². The zero-order valence-electron chi connectivity index (χ0n) is 10.9. The molecular formula is C13H13ClN4O2. The summed E-state index contributed by atoms with van der Waals surface area (Å²) in [6, 6.07) is 3.32. The van der Waals surface area contributed by atoms with Gasteiger partial charge in [-0.05, 0) is 31.4 Å². The number of carbonyl (C=O) groups excluding carboxylic acids is 1. The topological polar surface area (TPSA) is 80.9 Å². The third-order valence-electron chi connectivity index (χ3n) is 3.06. The number of anilines is 1. The van der Waals surface area contributed by atoms with Gasteiger partial charge in [-0.3, -0.25) is 10.1 Å². The molecule has 0 spiro atoms. The van der Waals surface area contributed by atoms with Crippen molar-refractivity contribution in [2.24, 2.45) is 0 Å². The number of aryl methyl sites for hydroxylation is 1. The van der Waals surface area contributed by atoms with Gasteiger partial charge in [-0.1, -0.05) is 23.6 Å². The van der Waals surface area contributed by atoms with E-state index >= 15 is 0 Å². The van der Waals surface area contributed by atoms with Crippen molar-refractivity contribution in [1.29, 1.82) is 0 Å². The Morgan fingerprint density at radius 2 is 2.25 bits per heavy atom. The van der Waals surface area contributed by atoms with Crippen LogP contribution in [0.3, 0.4) is 0 Å². The molecule has 0 radical (unpaired) electrons. The van der Waals surface area contributed by atoms with Gasteiger partial charge in [0.15, 0.2) is 0 Å². The normalized spacial score (nSPS) is 14.3. The summed E-state index contributed by atoms with van der Waals surface area (Å²) in [5, 5.41) is 10.6. The van der Waals surface area contributed by atoms with Crippen LogP contribution in [0.2, 0.25) is 5.15 Å². The smallest absolute Gasteiger partial charge is 0.322 e. The molecule has 7 heteroatoms. The van der Waals surface area contributed by atoms with Gasteiger partial charge in [0.2, 0.25) is 5.89 Å². The zero-order valence-corrected chi connectivity index (χ0v) is 11.6. The number of hydrogen-bond donors (Lipinski definition) is 1. The maximum Gasteiger partial charge on any atom is 0.322 e. The summed E-state index contributed by atoms with van der Waals surface area (Å²) in [4.78, 5) is 16.2. The van der Waals surface area contributed by atoms with Crippen molar-refractivity contribution in [3.63, 3.8) is 0 Å². The highest BCUT2D eigenvalue weighted by Gasteiger charge is 2.29. The molecule has 1 amide bonds. The lowest BCUT2D eigenvalue weighted by Crippen LogP contribution is -2.13. The molecule has 2 aromatic heterocycles. The maximum atomic E-state index is 12.1. The molecule has 20 heavy (non-hydrogen) atoms. The van der Waals surface area contributed by atoms with Crippen LogP contribution in [0, 0.1) is 0 Å². The van der Waals surface area contributed by atoms with E-state index < -0.39 is 0 Å². The molecular weight excluding hydrogens is 280 g/mol. The molecule has 2 aromatic rings. The van der Waals surface area contributed by atoms with Crippen LogP contribution >= 0.6 is 11.6 Å². The number of amides is 1. The van der Waals surface area contributed by atoms with Crippen LogP contribution in [-0.4, -0.2) is 21.1 Å². The van der Waals surface area contributed by atoms with E-state index in [9.17, 15) is 4.79 Å². The van der Waals surface area contributed by atoms with Gasteiger partial charge in [0.25, 0.3) is 5.91 Å². The molecule has 0 aliphatic heterocycles. The Balaban J connectivity index is 1.76. The highest BCUT2D eigenvalue weighted by molar-refractivity contribution is 6.29. The molecule has 0 saturated heterocycles. The van der Waals surface area contributed by atoms with Crippen molar-refractivity contribution in [3.8, 4) is 0 Å². The average molecular weight is 293 g/mol. The Kier molecular flexibility index (Phi) is 3.40. The first kappa shape index (κ1) is 13.1. The number of carbonyl (C=O) groups is 1. The predicted octanol–water partition coefficient (Wildman–Crippen LogP) is 2.81. The molecule has 104 valence electrons. The second-order valence-corrected chi connectivity index (χ2v) is 5.08. The summed E-state index contributed by atoms with van der Waals surface area (Å²) in [6.07, 6.45) is 2.83. The van der Waals surface area contributed by atoms with Gasteiger partial charge in [-0.25, -0.2) is 4.98 Å². The number of nitrogens with zero attached hydrogens (tertiary/aromatic N) is 3. The van der Waals surface area contributed by atoms with E-state index in [1.807, 2.05) is 6.92 Å². The number of pyridine rings is 1. The maximum absolute atomic E-state index is 12.1. The molecule has 1 aliphatic carbocycles. The van der Waals surface area contributed by atoms with Crippen molar-refractivity contribution in [1.82, 2.24) is 15.2 Å². The molecule has 0 unspecified atom stereocenters. The molecule has 1 saturated carbocycles. The number of halogens is 1. The molecule has 0 bridgehead atoms. The molecule has 1 fully saturated rings. The van der Waals surface area contributed by atoms with Crippen molar-refractivity contribution in [3.05, 3.63) is 34.4 Å². The molecule has 0 atom stereocenters. The van der Waals surface area contributed by atoms with Crippen LogP contribution in [0.4, 0.5) is 6.01 Å². The number of aromatic nitrogens is 3. The van der Waals surface area contributed by atoms with E-state index in [1.54, 1.807) is 6.07 Å². The fourth-order valence-corrected chi connectivity index (χ4v) is 2.04. The van der Waals surface area contributed by atoms with E-state index in [-0.39, 0.29) is 11.9 Å². The molecule has 2 heterocycles. The standard InChI is InChI=1S/C13H13ClN4O2/c1-2-9-5-8(6-10(14)15-9)11(19)16-13-18-17-12(20-13)7-3-4-7/h5-7H,2-4H2,1H3,(H,16,18,19). The number of rotatable bonds is 4. The minimum Gasteiger partial charge on any atom is -0.408 e. The van der Waals surface area contributed by atoms with E-state index in [2.05, 4.69) is 20.5 Å². The minimum atomic E-state index is -0.338. The fourth-order valence-electron chi connectivity index (χ4n) is 1.81. The third-order valence-corrected chi connectivity index (χ3v) is 3.25. The quantitative estimate of drug-likeness (QED) is 0.876. The highest BCUT2D eigenvalue weighted by atomic mass is 35.5. The lowest BCUT2D eigenvalue weighted by Gasteiger charge is -2.03. The van der Waals surface area contributed by atoms with E-state index in [1.165, 1.54) is 6.07 Å². The van der Waals surface area contributed by atoms with Gasteiger partial charge < -0.3 is 4.42 Å². The first-order valence-corrected chi connectivity index (χ1v) is 6.84. The summed E-state index contributed by atoms with van der Waals surface area (Å²) in [5.74, 6) is 0.604. The summed E-state index contributed by atoms with van der Waals surface area (Å²) >= 11 is 5.89. The van der Waals surface area contributed by atoms with E-state index in [0.29, 0.717) is 28.9 Å². The molecule has 3 rings (SSSR count). The van der Waals surface area contributed by atoms with Crippen LogP contribution in [-0.2, 0) is 6.42 Å². The van der Waals surface area contributed by atoms with Crippen LogP contribution < -0.4 is 5.32 Å². The lowest BCUT2D eigenvalue weighted by molar-refractivity contribution is 0.102. The summed E-state index contributed by atoms with van der Waals surface area (Å²) in [6.45, 7) is 1.94. The predicted molar refractivity (Wildman–Crippen MR) is 72.9 cm³/mol.